The van der Waals surface area contributed by atoms with Crippen LogP contribution < -0.4 is 5.73 Å². The highest BCUT2D eigenvalue weighted by Crippen LogP contribution is 2.13. The molecule has 4 nitrogen and oxygen atoms in total. The summed E-state index contributed by atoms with van der Waals surface area (Å²) in [6.45, 7) is 0. The van der Waals surface area contributed by atoms with E-state index in [0.717, 1.165) is 0 Å². The van der Waals surface area contributed by atoms with E-state index in [2.05, 4.69) is 25.7 Å². The number of nitrogen functional groups attached to an aromatic ring is 1. The number of carbonyl (C=O) groups is 1. The first-order valence-corrected chi connectivity index (χ1v) is 3.94. The predicted molar refractivity (Wildman–Crippen MR) is 47.7 cm³/mol. The molecule has 0 aliphatic rings. The van der Waals surface area contributed by atoms with E-state index in [4.69, 9.17) is 5.73 Å². The van der Waals surface area contributed by atoms with Gasteiger partial charge in [-0.3, -0.25) is 0 Å². The molecule has 0 aromatic carbocycles. The number of carbonyl (C=O) groups excluding carboxylic acids is 1. The number of methoxy groups -OCH3 is 1. The molecule has 1 aromatic rings. The number of ether oxygens (including phenoxy) is 1. The molecule has 0 saturated heterocycles. The van der Waals surface area contributed by atoms with Gasteiger partial charge in [0.2, 0.25) is 0 Å². The van der Waals surface area contributed by atoms with Crippen molar-refractivity contribution in [2.24, 2.45) is 0 Å². The smallest absolute Gasteiger partial charge is 0.338 e. The van der Waals surface area contributed by atoms with Gasteiger partial charge in [-0.25, -0.2) is 9.78 Å². The zero-order valence-electron chi connectivity index (χ0n) is 6.37. The maximum atomic E-state index is 11.0. The third-order valence-corrected chi connectivity index (χ3v) is 1.64. The number of nitrogens with two attached hydrogens (primary N) is 1. The molecule has 0 aliphatic carbocycles. The lowest BCUT2D eigenvalue weighted by atomic mass is 10.3. The van der Waals surface area contributed by atoms with Crippen LogP contribution in [0.1, 0.15) is 10.4 Å². The molecule has 0 aliphatic heterocycles. The molecule has 5 heteroatoms. The van der Waals surface area contributed by atoms with E-state index in [9.17, 15) is 4.79 Å². The SMILES string of the molecule is COC(=O)c1cc(N)nc(Br)c1. The number of halogens is 1. The normalized spacial score (nSPS) is 9.50. The minimum atomic E-state index is -0.426. The summed E-state index contributed by atoms with van der Waals surface area (Å²) in [4.78, 5) is 14.8. The Labute approximate surface area is 77.9 Å². The highest BCUT2D eigenvalue weighted by molar-refractivity contribution is 9.10. The number of esters is 1. The van der Waals surface area contributed by atoms with Gasteiger partial charge in [0.1, 0.15) is 10.4 Å². The fourth-order valence-electron chi connectivity index (χ4n) is 0.753. The van der Waals surface area contributed by atoms with Crippen molar-refractivity contribution in [3.63, 3.8) is 0 Å². The quantitative estimate of drug-likeness (QED) is 0.582. The number of nitrogens with zero attached hydrogens (tertiary/aromatic N) is 1. The second-order valence-corrected chi connectivity index (χ2v) is 2.91. The van der Waals surface area contributed by atoms with Gasteiger partial charge in [-0.05, 0) is 28.1 Å². The summed E-state index contributed by atoms with van der Waals surface area (Å²) in [7, 11) is 1.31. The monoisotopic (exact) mass is 230 g/mol. The van der Waals surface area contributed by atoms with Gasteiger partial charge in [-0.15, -0.1) is 0 Å². The Hall–Kier alpha value is -1.10. The van der Waals surface area contributed by atoms with Crippen LogP contribution in [0.4, 0.5) is 5.82 Å². The fourth-order valence-corrected chi connectivity index (χ4v) is 1.20. The number of anilines is 1. The van der Waals surface area contributed by atoms with Crippen molar-refractivity contribution in [2.75, 3.05) is 12.8 Å². The molecule has 0 saturated carbocycles. The van der Waals surface area contributed by atoms with Crippen molar-refractivity contribution < 1.29 is 9.53 Å². The lowest BCUT2D eigenvalue weighted by Gasteiger charge is -2.00. The molecule has 0 radical (unpaired) electrons. The van der Waals surface area contributed by atoms with Crippen molar-refractivity contribution in [3.8, 4) is 0 Å². The van der Waals surface area contributed by atoms with Crippen LogP contribution in [0, 0.1) is 0 Å². The lowest BCUT2D eigenvalue weighted by Crippen LogP contribution is -2.03. The Morgan fingerprint density at radius 1 is 1.67 bits per heavy atom. The summed E-state index contributed by atoms with van der Waals surface area (Å²) in [5.41, 5.74) is 5.79. The van der Waals surface area contributed by atoms with E-state index in [-0.39, 0.29) is 5.82 Å². The van der Waals surface area contributed by atoms with Gasteiger partial charge >= 0.3 is 5.97 Å². The summed E-state index contributed by atoms with van der Waals surface area (Å²) in [6, 6.07) is 3.00. The van der Waals surface area contributed by atoms with Gasteiger partial charge in [0.05, 0.1) is 12.7 Å². The minimum Gasteiger partial charge on any atom is -0.465 e. The lowest BCUT2D eigenvalue weighted by molar-refractivity contribution is 0.0600. The molecule has 2 N–H and O–H groups in total. The van der Waals surface area contributed by atoms with Crippen molar-refractivity contribution in [1.29, 1.82) is 0 Å². The van der Waals surface area contributed by atoms with Crippen molar-refractivity contribution in [3.05, 3.63) is 22.3 Å². The number of aromatic nitrogens is 1. The van der Waals surface area contributed by atoms with Crippen molar-refractivity contribution in [2.45, 2.75) is 0 Å². The average molecular weight is 231 g/mol. The van der Waals surface area contributed by atoms with E-state index < -0.39 is 5.97 Å². The zero-order chi connectivity index (χ0) is 9.14. The van der Waals surface area contributed by atoms with E-state index in [1.165, 1.54) is 13.2 Å². The maximum absolute atomic E-state index is 11.0. The minimum absolute atomic E-state index is 0.282. The Bertz CT molecular complexity index is 294. The first-order chi connectivity index (χ1) is 5.63. The van der Waals surface area contributed by atoms with E-state index >= 15 is 0 Å². The maximum Gasteiger partial charge on any atom is 0.338 e. The first-order valence-electron chi connectivity index (χ1n) is 3.15. The Balaban J connectivity index is 3.08. The molecule has 12 heavy (non-hydrogen) atoms. The predicted octanol–water partition coefficient (Wildman–Crippen LogP) is 1.21. The van der Waals surface area contributed by atoms with Crippen LogP contribution in [-0.2, 0) is 4.74 Å². The second-order valence-electron chi connectivity index (χ2n) is 2.09. The van der Waals surface area contributed by atoms with E-state index in [1.54, 1.807) is 6.07 Å². The molecular formula is C7H7BrN2O2. The van der Waals surface area contributed by atoms with Crippen LogP contribution in [0.25, 0.3) is 0 Å². The Morgan fingerprint density at radius 2 is 2.33 bits per heavy atom. The molecule has 1 heterocycles. The molecule has 0 unspecified atom stereocenters. The van der Waals surface area contributed by atoms with Crippen LogP contribution in [0.15, 0.2) is 16.7 Å². The molecular weight excluding hydrogens is 224 g/mol. The zero-order valence-corrected chi connectivity index (χ0v) is 7.96. The summed E-state index contributed by atoms with van der Waals surface area (Å²) in [5, 5.41) is 0. The summed E-state index contributed by atoms with van der Waals surface area (Å²) in [5.74, 6) is -0.144. The topological polar surface area (TPSA) is 65.2 Å². The molecule has 1 aromatic heterocycles. The Morgan fingerprint density at radius 3 is 2.83 bits per heavy atom. The highest BCUT2D eigenvalue weighted by Gasteiger charge is 2.06. The van der Waals surface area contributed by atoms with Crippen LogP contribution in [0.2, 0.25) is 0 Å². The number of rotatable bonds is 1. The standard InChI is InChI=1S/C7H7BrN2O2/c1-12-7(11)4-2-5(8)10-6(9)3-4/h2-3H,1H3,(H2,9,10). The Kier molecular flexibility index (Phi) is 2.65. The first kappa shape index (κ1) is 8.99. The van der Waals surface area contributed by atoms with Crippen LogP contribution in [-0.4, -0.2) is 18.1 Å². The second kappa shape index (κ2) is 3.53. The van der Waals surface area contributed by atoms with Gasteiger partial charge in [0.15, 0.2) is 0 Å². The van der Waals surface area contributed by atoms with Gasteiger partial charge < -0.3 is 10.5 Å². The van der Waals surface area contributed by atoms with Gasteiger partial charge in [-0.1, -0.05) is 0 Å². The highest BCUT2D eigenvalue weighted by atomic mass is 79.9. The number of hydrogen-bond acceptors (Lipinski definition) is 4. The van der Waals surface area contributed by atoms with Crippen LogP contribution in [0.3, 0.4) is 0 Å². The molecule has 0 fully saturated rings. The van der Waals surface area contributed by atoms with Crippen LogP contribution in [0.5, 0.6) is 0 Å². The summed E-state index contributed by atoms with van der Waals surface area (Å²) in [6.07, 6.45) is 0. The largest absolute Gasteiger partial charge is 0.465 e. The molecule has 0 bridgehead atoms. The number of pyridine rings is 1. The summed E-state index contributed by atoms with van der Waals surface area (Å²) < 4.78 is 5.02. The average Bonchev–Trinajstić information content (AvgIpc) is 2.01. The third-order valence-electron chi connectivity index (χ3n) is 1.23. The fraction of sp³-hybridized carbons (Fsp3) is 0.143. The van der Waals surface area contributed by atoms with Gasteiger partial charge in [0, 0.05) is 0 Å². The molecule has 0 atom stereocenters. The van der Waals surface area contributed by atoms with Gasteiger partial charge in [-0.2, -0.15) is 0 Å². The van der Waals surface area contributed by atoms with E-state index in [0.29, 0.717) is 10.2 Å². The molecule has 0 spiro atoms. The number of hydrogen-bond donors (Lipinski definition) is 1. The van der Waals surface area contributed by atoms with Crippen molar-refractivity contribution in [1.82, 2.24) is 4.98 Å². The van der Waals surface area contributed by atoms with Crippen LogP contribution >= 0.6 is 15.9 Å². The third kappa shape index (κ3) is 1.94. The molecule has 64 valence electrons. The molecule has 0 amide bonds. The molecule has 1 rings (SSSR count). The van der Waals surface area contributed by atoms with E-state index in [1.807, 2.05) is 0 Å². The van der Waals surface area contributed by atoms with Crippen molar-refractivity contribution >= 4 is 27.7 Å². The summed E-state index contributed by atoms with van der Waals surface area (Å²) >= 11 is 3.11. The van der Waals surface area contributed by atoms with Gasteiger partial charge in [0.25, 0.3) is 0 Å².